The Morgan fingerprint density at radius 1 is 1.09 bits per heavy atom. The molecule has 0 unspecified atom stereocenters. The second-order valence-electron chi connectivity index (χ2n) is 5.65. The number of hydrogen-bond acceptors (Lipinski definition) is 3. The number of aryl methyl sites for hydroxylation is 1. The van der Waals surface area contributed by atoms with Crippen LogP contribution in [-0.2, 0) is 0 Å². The van der Waals surface area contributed by atoms with Gasteiger partial charge in [0.25, 0.3) is 0 Å². The quantitative estimate of drug-likeness (QED) is 0.592. The third kappa shape index (κ3) is 2.81. The highest BCUT2D eigenvalue weighted by Gasteiger charge is 2.14. The first-order chi connectivity index (χ1) is 11.2. The monoisotopic (exact) mass is 310 g/mol. The lowest BCUT2D eigenvalue weighted by molar-refractivity contribution is 0.598. The number of rotatable bonds is 4. The van der Waals surface area contributed by atoms with Crippen molar-refractivity contribution < 1.29 is 4.42 Å². The summed E-state index contributed by atoms with van der Waals surface area (Å²) >= 11 is 0. The van der Waals surface area contributed by atoms with E-state index < -0.39 is 0 Å². The van der Waals surface area contributed by atoms with Crippen LogP contribution in [0.2, 0.25) is 0 Å². The van der Waals surface area contributed by atoms with E-state index in [9.17, 15) is 0 Å². The summed E-state index contributed by atoms with van der Waals surface area (Å²) in [5.74, 6) is 0.832. The summed E-state index contributed by atoms with van der Waals surface area (Å²) in [5, 5.41) is 4.54. The molecule has 0 bridgehead atoms. The molecule has 1 N–H and O–H groups in total. The fraction of sp³-hybridized carbons (Fsp3) is 0.368. The summed E-state index contributed by atoms with van der Waals surface area (Å²) < 4.78 is 8.52. The zero-order chi connectivity index (χ0) is 16.4. The summed E-state index contributed by atoms with van der Waals surface area (Å²) in [6, 6.07) is 10.3. The van der Waals surface area contributed by atoms with Gasteiger partial charge in [0.15, 0.2) is 11.3 Å². The lowest BCUT2D eigenvalue weighted by Gasteiger charge is -2.11. The number of nitrogens with zero attached hydrogens (tertiary/aromatic N) is 2. The normalized spacial score (nSPS) is 11.1. The summed E-state index contributed by atoms with van der Waals surface area (Å²) in [6.45, 7) is 11.3. The van der Waals surface area contributed by atoms with Crippen LogP contribution in [0.5, 0.6) is 0 Å². The number of benzene rings is 2. The second kappa shape index (κ2) is 6.41. The molecule has 2 aliphatic rings. The van der Waals surface area contributed by atoms with Crippen molar-refractivity contribution in [3.63, 3.8) is 0 Å². The zero-order valence-corrected chi connectivity index (χ0v) is 14.3. The molecule has 120 valence electrons. The summed E-state index contributed by atoms with van der Waals surface area (Å²) in [5.41, 5.74) is 4.85. The first kappa shape index (κ1) is 15.5. The Morgan fingerprint density at radius 3 is 2.57 bits per heavy atom. The van der Waals surface area contributed by atoms with E-state index in [2.05, 4.69) is 55.8 Å². The number of aromatic nitrogens is 1. The van der Waals surface area contributed by atoms with E-state index in [0.29, 0.717) is 0 Å². The molecule has 1 aromatic carbocycles. The van der Waals surface area contributed by atoms with Crippen molar-refractivity contribution >= 4 is 16.8 Å². The maximum Gasteiger partial charge on any atom is 0.203 e. The number of nitrogens with one attached hydrogen (secondary N) is 1. The van der Waals surface area contributed by atoms with Crippen LogP contribution in [-0.4, -0.2) is 24.6 Å². The largest absolute Gasteiger partial charge is 0.452 e. The van der Waals surface area contributed by atoms with E-state index in [1.807, 2.05) is 12.1 Å². The smallest absolute Gasteiger partial charge is 0.203 e. The van der Waals surface area contributed by atoms with Crippen molar-refractivity contribution in [3.8, 4) is 11.5 Å². The maximum absolute atomic E-state index is 6.21. The topological polar surface area (TPSA) is 41.1 Å². The van der Waals surface area contributed by atoms with Gasteiger partial charge in [-0.3, -0.25) is 0 Å². The van der Waals surface area contributed by atoms with Gasteiger partial charge in [0.2, 0.25) is 5.36 Å². The Kier molecular flexibility index (Phi) is 4.33. The molecular formula is C19H24N3O+. The van der Waals surface area contributed by atoms with E-state index in [1.54, 1.807) is 0 Å². The fourth-order valence-electron chi connectivity index (χ4n) is 2.98. The SMILES string of the molecule is CCNc1ccc2nc3ccc(=[N+](CC)CC)cc-3oc2c1C. The van der Waals surface area contributed by atoms with Crippen LogP contribution < -0.4 is 15.2 Å². The lowest BCUT2D eigenvalue weighted by atomic mass is 10.1. The molecule has 1 heterocycles. The van der Waals surface area contributed by atoms with E-state index >= 15 is 0 Å². The Morgan fingerprint density at radius 2 is 1.87 bits per heavy atom. The fourth-order valence-corrected chi connectivity index (χ4v) is 2.98. The minimum Gasteiger partial charge on any atom is -0.452 e. The van der Waals surface area contributed by atoms with Crippen LogP contribution in [0.1, 0.15) is 26.3 Å². The summed E-state index contributed by atoms with van der Waals surface area (Å²) in [7, 11) is 0. The van der Waals surface area contributed by atoms with E-state index in [4.69, 9.17) is 9.40 Å². The van der Waals surface area contributed by atoms with Gasteiger partial charge in [0, 0.05) is 23.9 Å². The average Bonchev–Trinajstić information content (AvgIpc) is 2.57. The van der Waals surface area contributed by atoms with Gasteiger partial charge in [-0.25, -0.2) is 9.56 Å². The van der Waals surface area contributed by atoms with Gasteiger partial charge < -0.3 is 9.73 Å². The van der Waals surface area contributed by atoms with Crippen LogP contribution in [0.4, 0.5) is 5.69 Å². The first-order valence-corrected chi connectivity index (χ1v) is 8.34. The minimum absolute atomic E-state index is 0.832. The van der Waals surface area contributed by atoms with Gasteiger partial charge in [0.1, 0.15) is 24.3 Å². The molecule has 3 rings (SSSR count). The molecule has 0 amide bonds. The van der Waals surface area contributed by atoms with E-state index in [-0.39, 0.29) is 0 Å². The number of anilines is 1. The highest BCUT2D eigenvalue weighted by molar-refractivity contribution is 5.84. The molecule has 1 aromatic rings. The molecule has 1 aliphatic heterocycles. The van der Waals surface area contributed by atoms with Gasteiger partial charge in [-0.15, -0.1) is 0 Å². The molecule has 0 aromatic heterocycles. The van der Waals surface area contributed by atoms with Gasteiger partial charge in [-0.1, -0.05) is 0 Å². The number of hydrogen-bond donors (Lipinski definition) is 1. The molecule has 0 radical (unpaired) electrons. The Hall–Kier alpha value is -2.36. The van der Waals surface area contributed by atoms with E-state index in [0.717, 1.165) is 53.4 Å². The maximum atomic E-state index is 6.21. The van der Waals surface area contributed by atoms with Gasteiger partial charge >= 0.3 is 0 Å². The Labute approximate surface area is 136 Å². The van der Waals surface area contributed by atoms with Crippen molar-refractivity contribution in [2.24, 2.45) is 0 Å². The third-order valence-electron chi connectivity index (χ3n) is 4.28. The van der Waals surface area contributed by atoms with Gasteiger partial charge in [-0.2, -0.15) is 0 Å². The van der Waals surface area contributed by atoms with Crippen molar-refractivity contribution in [1.82, 2.24) is 9.56 Å². The summed E-state index contributed by atoms with van der Waals surface area (Å²) in [6.07, 6.45) is 0. The average molecular weight is 310 g/mol. The molecule has 0 saturated heterocycles. The zero-order valence-electron chi connectivity index (χ0n) is 14.3. The molecule has 0 atom stereocenters. The highest BCUT2D eigenvalue weighted by atomic mass is 16.3. The molecule has 0 saturated carbocycles. The Balaban J connectivity index is 2.28. The van der Waals surface area contributed by atoms with Crippen molar-refractivity contribution in [1.29, 1.82) is 0 Å². The minimum atomic E-state index is 0.832. The standard InChI is InChI=1S/C19H23N3O/c1-5-20-15-10-11-17-19(13(15)4)23-18-12-14(22(6-2)7-3)8-9-16(18)21-17/h8-12H,5-7H2,1-4H3/p+1. The van der Waals surface area contributed by atoms with Gasteiger partial charge in [-0.05, 0) is 45.9 Å². The van der Waals surface area contributed by atoms with Crippen molar-refractivity contribution in [2.45, 2.75) is 27.7 Å². The van der Waals surface area contributed by atoms with Gasteiger partial charge in [0.05, 0.1) is 6.07 Å². The highest BCUT2D eigenvalue weighted by Crippen LogP contribution is 2.29. The second-order valence-corrected chi connectivity index (χ2v) is 5.65. The van der Waals surface area contributed by atoms with Crippen molar-refractivity contribution in [3.05, 3.63) is 41.3 Å². The van der Waals surface area contributed by atoms with Crippen LogP contribution in [0.25, 0.3) is 22.6 Å². The molecule has 4 heteroatoms. The molecule has 0 spiro atoms. The molecule has 0 fully saturated rings. The predicted octanol–water partition coefficient (Wildman–Crippen LogP) is 3.48. The van der Waals surface area contributed by atoms with Crippen LogP contribution >= 0.6 is 0 Å². The molecule has 23 heavy (non-hydrogen) atoms. The molecule has 4 nitrogen and oxygen atoms in total. The van der Waals surface area contributed by atoms with Crippen LogP contribution in [0.3, 0.4) is 0 Å². The van der Waals surface area contributed by atoms with Crippen LogP contribution in [0.15, 0.2) is 34.7 Å². The molecular weight excluding hydrogens is 286 g/mol. The number of fused-ring (bicyclic) bond motifs is 2. The van der Waals surface area contributed by atoms with E-state index in [1.165, 1.54) is 5.36 Å². The van der Waals surface area contributed by atoms with Crippen LogP contribution in [0, 0.1) is 6.92 Å². The lowest BCUT2D eigenvalue weighted by Crippen LogP contribution is -2.29. The molecule has 1 aliphatic carbocycles. The first-order valence-electron chi connectivity index (χ1n) is 8.34. The summed E-state index contributed by atoms with van der Waals surface area (Å²) in [4.78, 5) is 4.75. The third-order valence-corrected chi connectivity index (χ3v) is 4.28. The predicted molar refractivity (Wildman–Crippen MR) is 95.9 cm³/mol. The Bertz CT molecular complexity index is 874. The van der Waals surface area contributed by atoms with Crippen molar-refractivity contribution in [2.75, 3.05) is 25.0 Å².